The number of hydrogen-bond acceptors (Lipinski definition) is 8. The molecule has 222 valence electrons. The van der Waals surface area contributed by atoms with Crippen LogP contribution in [0.5, 0.6) is 17.2 Å². The number of esters is 1. The van der Waals surface area contributed by atoms with Crippen LogP contribution in [0, 0.1) is 10.5 Å². The summed E-state index contributed by atoms with van der Waals surface area (Å²) in [5.41, 5.74) is 3.81. The van der Waals surface area contributed by atoms with E-state index in [-0.39, 0.29) is 11.1 Å². The second-order valence-corrected chi connectivity index (χ2v) is 11.9. The summed E-state index contributed by atoms with van der Waals surface area (Å²) in [5.74, 6) is 1.32. The first-order chi connectivity index (χ1) is 20.8. The van der Waals surface area contributed by atoms with Crippen molar-refractivity contribution in [1.29, 1.82) is 0 Å². The van der Waals surface area contributed by atoms with Crippen molar-refractivity contribution < 1.29 is 23.7 Å². The molecule has 1 atom stereocenters. The minimum atomic E-state index is -0.751. The third-order valence-corrected chi connectivity index (χ3v) is 8.62. The molecule has 0 unspecified atom stereocenters. The Bertz CT molecular complexity index is 1860. The molecule has 0 amide bonds. The van der Waals surface area contributed by atoms with Crippen LogP contribution in [0.25, 0.3) is 6.08 Å². The quantitative estimate of drug-likeness (QED) is 0.164. The van der Waals surface area contributed by atoms with Gasteiger partial charge in [0.05, 0.1) is 40.0 Å². The number of nitrogens with zero attached hydrogens (tertiary/aromatic N) is 2. The van der Waals surface area contributed by atoms with Gasteiger partial charge in [0, 0.05) is 6.20 Å². The molecule has 2 heterocycles. The van der Waals surface area contributed by atoms with Gasteiger partial charge in [-0.3, -0.25) is 9.36 Å². The van der Waals surface area contributed by atoms with Crippen LogP contribution in [-0.2, 0) is 16.1 Å². The summed E-state index contributed by atoms with van der Waals surface area (Å²) in [6.45, 7) is 7.21. The Balaban J connectivity index is 1.51. The van der Waals surface area contributed by atoms with Crippen molar-refractivity contribution in [3.63, 3.8) is 0 Å². The number of ether oxygens (including phenoxy) is 4. The third kappa shape index (κ3) is 6.70. The molecule has 1 aliphatic rings. The second kappa shape index (κ2) is 13.6. The Morgan fingerprint density at radius 2 is 1.70 bits per heavy atom. The average Bonchev–Trinajstić information content (AvgIpc) is 3.32. The Morgan fingerprint density at radius 3 is 2.40 bits per heavy atom. The number of fused-ring (bicyclic) bond motifs is 1. The molecule has 4 aromatic rings. The SMILES string of the molecule is CCOc1ccc([C@H]2C(C(=O)OC)=CN=c3s/c(=C\c4ccc(OCc5ccc(C)cc5)c(I)c4)c(=O)n32)cc1OCC. The number of methoxy groups -OCH3 is 1. The molecule has 8 nitrogen and oxygen atoms in total. The van der Waals surface area contributed by atoms with E-state index < -0.39 is 12.0 Å². The first-order valence-electron chi connectivity index (χ1n) is 13.8. The number of thiazole rings is 1. The van der Waals surface area contributed by atoms with Crippen LogP contribution in [0.2, 0.25) is 0 Å². The first kappa shape index (κ1) is 30.6. The monoisotopic (exact) mass is 710 g/mol. The summed E-state index contributed by atoms with van der Waals surface area (Å²) >= 11 is 3.50. The van der Waals surface area contributed by atoms with Gasteiger partial charge < -0.3 is 18.9 Å². The van der Waals surface area contributed by atoms with Gasteiger partial charge in [-0.25, -0.2) is 9.79 Å². The topological polar surface area (TPSA) is 88.4 Å². The van der Waals surface area contributed by atoms with Gasteiger partial charge in [-0.2, -0.15) is 0 Å². The fourth-order valence-corrected chi connectivity index (χ4v) is 6.37. The number of aryl methyl sites for hydroxylation is 1. The highest BCUT2D eigenvalue weighted by atomic mass is 127. The molecular weight excluding hydrogens is 679 g/mol. The lowest BCUT2D eigenvalue weighted by molar-refractivity contribution is -0.136. The summed E-state index contributed by atoms with van der Waals surface area (Å²) in [5, 5.41) is 0. The van der Waals surface area contributed by atoms with E-state index in [1.807, 2.05) is 44.2 Å². The van der Waals surface area contributed by atoms with E-state index in [0.29, 0.717) is 46.2 Å². The van der Waals surface area contributed by atoms with Gasteiger partial charge in [-0.1, -0.05) is 53.3 Å². The van der Waals surface area contributed by atoms with Crippen LogP contribution in [0.15, 0.2) is 82.2 Å². The predicted molar refractivity (Wildman–Crippen MR) is 175 cm³/mol. The van der Waals surface area contributed by atoms with Crippen molar-refractivity contribution in [1.82, 2.24) is 4.57 Å². The summed E-state index contributed by atoms with van der Waals surface area (Å²) in [7, 11) is 1.31. The lowest BCUT2D eigenvalue weighted by Crippen LogP contribution is -2.39. The Hall–Kier alpha value is -3.90. The number of hydrogen-bond donors (Lipinski definition) is 0. The van der Waals surface area contributed by atoms with E-state index in [1.165, 1.54) is 34.8 Å². The summed E-state index contributed by atoms with van der Waals surface area (Å²) in [6.07, 6.45) is 3.31. The number of aromatic nitrogens is 1. The highest BCUT2D eigenvalue weighted by Crippen LogP contribution is 2.35. The normalized spacial score (nSPS) is 14.4. The van der Waals surface area contributed by atoms with Crippen molar-refractivity contribution >= 4 is 46.0 Å². The summed E-state index contributed by atoms with van der Waals surface area (Å²) in [4.78, 5) is 31.7. The van der Waals surface area contributed by atoms with Crippen LogP contribution >= 0.6 is 33.9 Å². The van der Waals surface area contributed by atoms with Gasteiger partial charge in [0.1, 0.15) is 12.4 Å². The van der Waals surface area contributed by atoms with E-state index in [2.05, 4.69) is 58.8 Å². The molecule has 0 spiro atoms. The van der Waals surface area contributed by atoms with Gasteiger partial charge in [0.2, 0.25) is 0 Å². The first-order valence-corrected chi connectivity index (χ1v) is 15.7. The Kier molecular flexibility index (Phi) is 9.66. The van der Waals surface area contributed by atoms with E-state index in [4.69, 9.17) is 18.9 Å². The van der Waals surface area contributed by atoms with Gasteiger partial charge in [-0.15, -0.1) is 0 Å². The Labute approximate surface area is 267 Å². The zero-order chi connectivity index (χ0) is 30.5. The molecule has 5 rings (SSSR count). The zero-order valence-electron chi connectivity index (χ0n) is 24.3. The maximum Gasteiger partial charge on any atom is 0.337 e. The number of halogens is 1. The van der Waals surface area contributed by atoms with Gasteiger partial charge >= 0.3 is 5.97 Å². The van der Waals surface area contributed by atoms with Crippen LogP contribution in [-0.4, -0.2) is 30.9 Å². The molecule has 0 saturated heterocycles. The summed E-state index contributed by atoms with van der Waals surface area (Å²) in [6, 6.07) is 18.7. The highest BCUT2D eigenvalue weighted by molar-refractivity contribution is 14.1. The van der Waals surface area contributed by atoms with Crippen molar-refractivity contribution in [3.05, 3.63) is 118 Å². The van der Waals surface area contributed by atoms with Crippen molar-refractivity contribution in [2.45, 2.75) is 33.4 Å². The van der Waals surface area contributed by atoms with Gasteiger partial charge in [-0.05, 0) is 90.4 Å². The molecule has 1 aromatic heterocycles. The largest absolute Gasteiger partial charge is 0.490 e. The van der Waals surface area contributed by atoms with E-state index >= 15 is 0 Å². The van der Waals surface area contributed by atoms with Crippen LogP contribution in [0.1, 0.15) is 42.1 Å². The predicted octanol–water partition coefficient (Wildman–Crippen LogP) is 5.31. The Morgan fingerprint density at radius 1 is 0.977 bits per heavy atom. The molecule has 0 aliphatic carbocycles. The number of carbonyl (C=O) groups is 1. The van der Waals surface area contributed by atoms with Crippen LogP contribution in [0.4, 0.5) is 0 Å². The third-order valence-electron chi connectivity index (χ3n) is 6.78. The van der Waals surface area contributed by atoms with Crippen molar-refractivity contribution in [2.24, 2.45) is 4.99 Å². The fourth-order valence-electron chi connectivity index (χ4n) is 4.71. The van der Waals surface area contributed by atoms with E-state index in [1.54, 1.807) is 12.1 Å². The van der Waals surface area contributed by atoms with E-state index in [0.717, 1.165) is 20.4 Å². The molecule has 43 heavy (non-hydrogen) atoms. The summed E-state index contributed by atoms with van der Waals surface area (Å²) < 4.78 is 25.6. The molecule has 0 saturated carbocycles. The smallest absolute Gasteiger partial charge is 0.337 e. The number of rotatable bonds is 10. The highest BCUT2D eigenvalue weighted by Gasteiger charge is 2.31. The maximum atomic E-state index is 13.9. The maximum absolute atomic E-state index is 13.9. The molecule has 1 aliphatic heterocycles. The van der Waals surface area contributed by atoms with Crippen molar-refractivity contribution in [3.8, 4) is 17.2 Å². The minimum Gasteiger partial charge on any atom is -0.490 e. The van der Waals surface area contributed by atoms with Crippen LogP contribution in [0.3, 0.4) is 0 Å². The molecule has 0 bridgehead atoms. The lowest BCUT2D eigenvalue weighted by Gasteiger charge is -2.23. The standard InChI is InChI=1S/C33H31IN2O6S/c1-5-40-27-14-12-23(17-28(27)41-6-2)30-24(32(38)39-4)18-35-33-36(30)31(37)29(43-33)16-22-11-13-26(25(34)15-22)42-19-21-9-7-20(3)8-10-21/h7-18,30H,5-6,19H2,1-4H3/b29-16-/t30-/m0/s1. The number of carbonyl (C=O) groups excluding carboxylic acids is 1. The molecule has 0 radical (unpaired) electrons. The van der Waals surface area contributed by atoms with Gasteiger partial charge in [0.25, 0.3) is 5.56 Å². The van der Waals surface area contributed by atoms with E-state index in [9.17, 15) is 9.59 Å². The van der Waals surface area contributed by atoms with Gasteiger partial charge in [0.15, 0.2) is 16.3 Å². The molecule has 3 aromatic carbocycles. The zero-order valence-corrected chi connectivity index (χ0v) is 27.2. The molecule has 0 N–H and O–H groups in total. The molecule has 0 fully saturated rings. The second-order valence-electron chi connectivity index (χ2n) is 9.71. The molecule has 10 heteroatoms. The fraction of sp³-hybridized carbons (Fsp3) is 0.242. The minimum absolute atomic E-state index is 0.248. The van der Waals surface area contributed by atoms with Crippen LogP contribution < -0.4 is 29.1 Å². The number of benzene rings is 3. The average molecular weight is 711 g/mol. The lowest BCUT2D eigenvalue weighted by atomic mass is 9.97. The van der Waals surface area contributed by atoms with Crippen molar-refractivity contribution in [2.75, 3.05) is 20.3 Å². The molecular formula is C33H31IN2O6S.